The first-order chi connectivity index (χ1) is 17.9. The van der Waals surface area contributed by atoms with E-state index in [0.29, 0.717) is 22.0 Å². The van der Waals surface area contributed by atoms with Crippen molar-refractivity contribution >= 4 is 45.6 Å². The molecule has 7 heteroatoms. The van der Waals surface area contributed by atoms with Crippen LogP contribution >= 0.6 is 11.6 Å². The van der Waals surface area contributed by atoms with Gasteiger partial charge in [0, 0.05) is 23.2 Å². The SMILES string of the molecule is COc1ccc2cc(C(C)C(=O)OC3N=C(c4ccccc4)c4cc(Cl)ccc4N(C)C3=O)ccc2c1. The summed E-state index contributed by atoms with van der Waals surface area (Å²) < 4.78 is 11.1. The summed E-state index contributed by atoms with van der Waals surface area (Å²) in [5, 5.41) is 2.49. The van der Waals surface area contributed by atoms with Gasteiger partial charge in [0.15, 0.2) is 0 Å². The molecule has 0 radical (unpaired) electrons. The Labute approximate surface area is 220 Å². The standard InChI is InChI=1S/C30H25ClN2O4/c1-18(20-9-10-22-16-24(36-3)13-11-21(22)15-20)30(35)37-28-29(34)33(2)26-14-12-23(31)17-25(26)27(32-28)19-7-5-4-6-8-19/h4-18,28H,1-3H3. The topological polar surface area (TPSA) is 68.2 Å². The summed E-state index contributed by atoms with van der Waals surface area (Å²) in [4.78, 5) is 32.8. The van der Waals surface area contributed by atoms with Gasteiger partial charge >= 0.3 is 5.97 Å². The van der Waals surface area contributed by atoms with E-state index in [2.05, 4.69) is 4.99 Å². The molecule has 186 valence electrons. The number of benzodiazepines with no additional fused rings is 1. The maximum Gasteiger partial charge on any atom is 0.315 e. The molecule has 0 saturated carbocycles. The molecule has 5 rings (SSSR count). The Hall–Kier alpha value is -4.16. The van der Waals surface area contributed by atoms with E-state index in [1.165, 1.54) is 4.90 Å². The van der Waals surface area contributed by atoms with Crippen LogP contribution in [0.2, 0.25) is 5.02 Å². The number of hydrogen-bond acceptors (Lipinski definition) is 5. The van der Waals surface area contributed by atoms with Gasteiger partial charge in [-0.2, -0.15) is 0 Å². The predicted molar refractivity (Wildman–Crippen MR) is 146 cm³/mol. The van der Waals surface area contributed by atoms with Gasteiger partial charge in [0.2, 0.25) is 0 Å². The largest absolute Gasteiger partial charge is 0.497 e. The average Bonchev–Trinajstić information content (AvgIpc) is 3.02. The molecule has 37 heavy (non-hydrogen) atoms. The maximum absolute atomic E-state index is 13.4. The number of hydrogen-bond donors (Lipinski definition) is 0. The second-order valence-electron chi connectivity index (χ2n) is 8.89. The lowest BCUT2D eigenvalue weighted by atomic mass is 9.98. The van der Waals surface area contributed by atoms with Crippen molar-refractivity contribution in [2.75, 3.05) is 19.1 Å². The molecule has 6 nitrogen and oxygen atoms in total. The minimum Gasteiger partial charge on any atom is -0.497 e. The van der Waals surface area contributed by atoms with Crippen LogP contribution in [0.3, 0.4) is 0 Å². The Bertz CT molecular complexity index is 1530. The van der Waals surface area contributed by atoms with E-state index >= 15 is 0 Å². The van der Waals surface area contributed by atoms with Gasteiger partial charge in [0.1, 0.15) is 5.75 Å². The van der Waals surface area contributed by atoms with Gasteiger partial charge < -0.3 is 14.4 Å². The van der Waals surface area contributed by atoms with Crippen LogP contribution in [0.15, 0.2) is 89.9 Å². The van der Waals surface area contributed by atoms with Crippen molar-refractivity contribution in [1.29, 1.82) is 0 Å². The Morgan fingerprint density at radius 3 is 2.46 bits per heavy atom. The van der Waals surface area contributed by atoms with Crippen molar-refractivity contribution in [1.82, 2.24) is 0 Å². The monoisotopic (exact) mass is 512 g/mol. The fourth-order valence-electron chi connectivity index (χ4n) is 4.41. The molecule has 0 bridgehead atoms. The van der Waals surface area contributed by atoms with Crippen molar-refractivity contribution in [3.05, 3.63) is 107 Å². The van der Waals surface area contributed by atoms with Crippen LogP contribution in [0, 0.1) is 0 Å². The average molecular weight is 513 g/mol. The van der Waals surface area contributed by atoms with Gasteiger partial charge in [-0.25, -0.2) is 4.99 Å². The van der Waals surface area contributed by atoms with E-state index in [1.54, 1.807) is 39.3 Å². The number of nitrogens with zero attached hydrogens (tertiary/aromatic N) is 2. The highest BCUT2D eigenvalue weighted by atomic mass is 35.5. The van der Waals surface area contributed by atoms with E-state index in [9.17, 15) is 9.59 Å². The number of likely N-dealkylation sites (N-methyl/N-ethyl adjacent to an activating group) is 1. The highest BCUT2D eigenvalue weighted by molar-refractivity contribution is 6.32. The summed E-state index contributed by atoms with van der Waals surface area (Å²) in [6.07, 6.45) is -1.34. The zero-order valence-electron chi connectivity index (χ0n) is 20.6. The van der Waals surface area contributed by atoms with Gasteiger partial charge in [0.25, 0.3) is 12.1 Å². The van der Waals surface area contributed by atoms with Gasteiger partial charge in [-0.05, 0) is 53.6 Å². The summed E-state index contributed by atoms with van der Waals surface area (Å²) in [5.74, 6) is -0.835. The van der Waals surface area contributed by atoms with Crippen LogP contribution in [0.5, 0.6) is 5.75 Å². The smallest absolute Gasteiger partial charge is 0.315 e. The Kier molecular flexibility index (Phi) is 6.68. The quantitative estimate of drug-likeness (QED) is 0.308. The molecule has 0 aromatic heterocycles. The van der Waals surface area contributed by atoms with Crippen molar-refractivity contribution < 1.29 is 19.1 Å². The highest BCUT2D eigenvalue weighted by Gasteiger charge is 2.34. The first-order valence-corrected chi connectivity index (χ1v) is 12.2. The third-order valence-electron chi connectivity index (χ3n) is 6.56. The third kappa shape index (κ3) is 4.80. The molecular formula is C30H25ClN2O4. The van der Waals surface area contributed by atoms with Gasteiger partial charge in [-0.3, -0.25) is 9.59 Å². The number of fused-ring (bicyclic) bond motifs is 2. The summed E-state index contributed by atoms with van der Waals surface area (Å²) in [5.41, 5.74) is 3.41. The molecule has 0 fully saturated rings. The molecule has 4 aromatic rings. The summed E-state index contributed by atoms with van der Waals surface area (Å²) >= 11 is 6.30. The number of carbonyl (C=O) groups is 2. The lowest BCUT2D eigenvalue weighted by Crippen LogP contribution is -2.38. The zero-order chi connectivity index (χ0) is 26.1. The number of methoxy groups -OCH3 is 1. The number of rotatable bonds is 5. The van der Waals surface area contributed by atoms with Crippen LogP contribution < -0.4 is 9.64 Å². The normalized spacial score (nSPS) is 16.0. The van der Waals surface area contributed by atoms with E-state index in [4.69, 9.17) is 21.1 Å². The molecule has 4 aromatic carbocycles. The van der Waals surface area contributed by atoms with Crippen molar-refractivity contribution in [3.8, 4) is 5.75 Å². The number of amides is 1. The number of carbonyl (C=O) groups excluding carboxylic acids is 2. The first kappa shape index (κ1) is 24.5. The maximum atomic E-state index is 13.4. The minimum atomic E-state index is -1.34. The fraction of sp³-hybridized carbons (Fsp3) is 0.167. The Balaban J connectivity index is 1.48. The summed E-state index contributed by atoms with van der Waals surface area (Å²) in [6.45, 7) is 1.76. The number of anilines is 1. The van der Waals surface area contributed by atoms with Crippen LogP contribution in [-0.2, 0) is 14.3 Å². The zero-order valence-corrected chi connectivity index (χ0v) is 21.4. The third-order valence-corrected chi connectivity index (χ3v) is 6.80. The lowest BCUT2D eigenvalue weighted by molar-refractivity contribution is -0.155. The van der Waals surface area contributed by atoms with Crippen LogP contribution in [0.1, 0.15) is 29.5 Å². The number of halogens is 1. The van der Waals surface area contributed by atoms with E-state index in [0.717, 1.165) is 27.6 Å². The lowest BCUT2D eigenvalue weighted by Gasteiger charge is -2.21. The van der Waals surface area contributed by atoms with Crippen LogP contribution in [0.25, 0.3) is 10.8 Å². The molecule has 1 aliphatic heterocycles. The Morgan fingerprint density at radius 2 is 1.70 bits per heavy atom. The molecule has 1 heterocycles. The molecule has 0 spiro atoms. The number of esters is 1. The second kappa shape index (κ2) is 10.1. The highest BCUT2D eigenvalue weighted by Crippen LogP contribution is 2.31. The molecular weight excluding hydrogens is 488 g/mol. The first-order valence-electron chi connectivity index (χ1n) is 11.8. The van der Waals surface area contributed by atoms with E-state index in [-0.39, 0.29) is 0 Å². The molecule has 2 atom stereocenters. The van der Waals surface area contributed by atoms with Crippen LogP contribution in [-0.4, -0.2) is 38.0 Å². The summed E-state index contributed by atoms with van der Waals surface area (Å²) in [7, 11) is 3.26. The van der Waals surface area contributed by atoms with Crippen molar-refractivity contribution in [2.45, 2.75) is 19.1 Å². The van der Waals surface area contributed by atoms with E-state index in [1.807, 2.05) is 66.7 Å². The number of aliphatic imine (C=N–C) groups is 1. The molecule has 0 saturated heterocycles. The molecule has 0 N–H and O–H groups in total. The van der Waals surface area contributed by atoms with E-state index < -0.39 is 24.0 Å². The minimum absolute atomic E-state index is 0.444. The van der Waals surface area contributed by atoms with Gasteiger partial charge in [0.05, 0.1) is 24.4 Å². The molecule has 2 unspecified atom stereocenters. The predicted octanol–water partition coefficient (Wildman–Crippen LogP) is 5.99. The van der Waals surface area contributed by atoms with Crippen LogP contribution in [0.4, 0.5) is 5.69 Å². The molecule has 1 aliphatic rings. The molecule has 1 amide bonds. The molecule has 0 aliphatic carbocycles. The number of benzene rings is 4. The second-order valence-corrected chi connectivity index (χ2v) is 9.32. The van der Waals surface area contributed by atoms with Crippen molar-refractivity contribution in [2.24, 2.45) is 4.99 Å². The summed E-state index contributed by atoms with van der Waals surface area (Å²) in [6, 6.07) is 26.2. The van der Waals surface area contributed by atoms with Gasteiger partial charge in [-0.15, -0.1) is 0 Å². The number of ether oxygens (including phenoxy) is 2. The Morgan fingerprint density at radius 1 is 0.973 bits per heavy atom. The van der Waals surface area contributed by atoms with Crippen molar-refractivity contribution in [3.63, 3.8) is 0 Å². The fourth-order valence-corrected chi connectivity index (χ4v) is 4.58. The van der Waals surface area contributed by atoms with Gasteiger partial charge in [-0.1, -0.05) is 66.2 Å².